The molecular formula is C10H17N3. The molecule has 1 N–H and O–H groups in total. The molecule has 3 nitrogen and oxygen atoms in total. The maximum absolute atomic E-state index is 3.98. The highest BCUT2D eigenvalue weighted by atomic mass is 15.1. The summed E-state index contributed by atoms with van der Waals surface area (Å²) in [6, 6.07) is 3.90. The minimum absolute atomic E-state index is 0.831. The predicted octanol–water partition coefficient (Wildman–Crippen LogP) is 1.76. The van der Waals surface area contributed by atoms with E-state index < -0.39 is 0 Å². The average molecular weight is 179 g/mol. The van der Waals surface area contributed by atoms with Gasteiger partial charge in [-0.3, -0.25) is 0 Å². The van der Waals surface area contributed by atoms with Gasteiger partial charge in [0.25, 0.3) is 0 Å². The van der Waals surface area contributed by atoms with Crippen LogP contribution in [0.15, 0.2) is 18.3 Å². The van der Waals surface area contributed by atoms with Crippen LogP contribution in [0.3, 0.4) is 0 Å². The third kappa shape index (κ3) is 4.58. The SMILES string of the molecule is CCCCCNCc1cccnn1. The summed E-state index contributed by atoms with van der Waals surface area (Å²) < 4.78 is 0. The maximum Gasteiger partial charge on any atom is 0.0768 e. The van der Waals surface area contributed by atoms with Gasteiger partial charge in [0.15, 0.2) is 0 Å². The molecule has 1 aromatic rings. The second-order valence-electron chi connectivity index (χ2n) is 3.10. The van der Waals surface area contributed by atoms with E-state index in [1.807, 2.05) is 12.1 Å². The summed E-state index contributed by atoms with van der Waals surface area (Å²) in [6.07, 6.45) is 5.51. The lowest BCUT2D eigenvalue weighted by atomic mass is 10.2. The van der Waals surface area contributed by atoms with E-state index in [0.29, 0.717) is 0 Å². The van der Waals surface area contributed by atoms with Gasteiger partial charge < -0.3 is 5.32 Å². The van der Waals surface area contributed by atoms with E-state index >= 15 is 0 Å². The lowest BCUT2D eigenvalue weighted by molar-refractivity contribution is 0.607. The van der Waals surface area contributed by atoms with Gasteiger partial charge in [-0.1, -0.05) is 19.8 Å². The molecule has 0 saturated carbocycles. The highest BCUT2D eigenvalue weighted by Gasteiger charge is 1.91. The van der Waals surface area contributed by atoms with Gasteiger partial charge in [-0.2, -0.15) is 10.2 Å². The molecule has 0 fully saturated rings. The Balaban J connectivity index is 2.07. The van der Waals surface area contributed by atoms with Crippen LogP contribution in [0.2, 0.25) is 0 Å². The van der Waals surface area contributed by atoms with Crippen molar-refractivity contribution in [1.82, 2.24) is 15.5 Å². The zero-order valence-electron chi connectivity index (χ0n) is 8.16. The van der Waals surface area contributed by atoms with E-state index in [9.17, 15) is 0 Å². The topological polar surface area (TPSA) is 37.8 Å². The van der Waals surface area contributed by atoms with Gasteiger partial charge in [0.1, 0.15) is 0 Å². The fraction of sp³-hybridized carbons (Fsp3) is 0.600. The van der Waals surface area contributed by atoms with Gasteiger partial charge >= 0.3 is 0 Å². The predicted molar refractivity (Wildman–Crippen MR) is 53.3 cm³/mol. The van der Waals surface area contributed by atoms with Gasteiger partial charge in [0.2, 0.25) is 0 Å². The summed E-state index contributed by atoms with van der Waals surface area (Å²) in [7, 11) is 0. The van der Waals surface area contributed by atoms with E-state index in [-0.39, 0.29) is 0 Å². The summed E-state index contributed by atoms with van der Waals surface area (Å²) in [5.41, 5.74) is 1.01. The Morgan fingerprint density at radius 3 is 3.00 bits per heavy atom. The molecule has 0 atom stereocenters. The largest absolute Gasteiger partial charge is 0.311 e. The van der Waals surface area contributed by atoms with E-state index in [0.717, 1.165) is 18.8 Å². The standard InChI is InChI=1S/C10H17N3/c1-2-3-4-7-11-9-10-6-5-8-12-13-10/h5-6,8,11H,2-4,7,9H2,1H3. The normalized spacial score (nSPS) is 10.2. The number of hydrogen-bond donors (Lipinski definition) is 1. The fourth-order valence-electron chi connectivity index (χ4n) is 1.14. The van der Waals surface area contributed by atoms with E-state index in [1.54, 1.807) is 6.20 Å². The minimum atomic E-state index is 0.831. The first-order valence-electron chi connectivity index (χ1n) is 4.90. The molecule has 0 unspecified atom stereocenters. The molecule has 1 rings (SSSR count). The van der Waals surface area contributed by atoms with Crippen LogP contribution < -0.4 is 5.32 Å². The molecule has 1 aromatic heterocycles. The summed E-state index contributed by atoms with van der Waals surface area (Å²) in [6.45, 7) is 4.12. The van der Waals surface area contributed by atoms with Gasteiger partial charge in [-0.05, 0) is 25.1 Å². The second kappa shape index (κ2) is 6.54. The van der Waals surface area contributed by atoms with Gasteiger partial charge in [-0.25, -0.2) is 0 Å². The van der Waals surface area contributed by atoms with Crippen LogP contribution in [0.4, 0.5) is 0 Å². The van der Waals surface area contributed by atoms with Crippen LogP contribution >= 0.6 is 0 Å². The first-order chi connectivity index (χ1) is 6.43. The van der Waals surface area contributed by atoms with Crippen molar-refractivity contribution in [2.75, 3.05) is 6.54 Å². The Morgan fingerprint density at radius 2 is 2.31 bits per heavy atom. The number of nitrogens with one attached hydrogen (secondary N) is 1. The quantitative estimate of drug-likeness (QED) is 0.676. The molecule has 0 saturated heterocycles. The molecule has 0 radical (unpaired) electrons. The van der Waals surface area contributed by atoms with Gasteiger partial charge in [-0.15, -0.1) is 0 Å². The third-order valence-corrected chi connectivity index (χ3v) is 1.89. The highest BCUT2D eigenvalue weighted by molar-refractivity contribution is 4.98. The molecule has 72 valence electrons. The smallest absolute Gasteiger partial charge is 0.0768 e. The first-order valence-corrected chi connectivity index (χ1v) is 4.90. The molecule has 0 bridgehead atoms. The van der Waals surface area contributed by atoms with Crippen molar-refractivity contribution in [2.24, 2.45) is 0 Å². The highest BCUT2D eigenvalue weighted by Crippen LogP contribution is 1.93. The Morgan fingerprint density at radius 1 is 1.38 bits per heavy atom. The summed E-state index contributed by atoms with van der Waals surface area (Å²) in [5.74, 6) is 0. The van der Waals surface area contributed by atoms with Gasteiger partial charge in [0, 0.05) is 12.7 Å². The second-order valence-corrected chi connectivity index (χ2v) is 3.10. The van der Waals surface area contributed by atoms with Crippen molar-refractivity contribution >= 4 is 0 Å². The lowest BCUT2D eigenvalue weighted by Crippen LogP contribution is -2.15. The number of rotatable bonds is 6. The monoisotopic (exact) mass is 179 g/mol. The van der Waals surface area contributed by atoms with Crippen LogP contribution in [0.1, 0.15) is 31.9 Å². The molecule has 0 spiro atoms. The summed E-state index contributed by atoms with van der Waals surface area (Å²) in [5, 5.41) is 11.1. The van der Waals surface area contributed by atoms with Crippen molar-refractivity contribution in [1.29, 1.82) is 0 Å². The molecule has 3 heteroatoms. The van der Waals surface area contributed by atoms with Crippen molar-refractivity contribution in [3.05, 3.63) is 24.0 Å². The van der Waals surface area contributed by atoms with Crippen molar-refractivity contribution < 1.29 is 0 Å². The molecule has 1 heterocycles. The van der Waals surface area contributed by atoms with Crippen molar-refractivity contribution in [3.63, 3.8) is 0 Å². The summed E-state index contributed by atoms with van der Waals surface area (Å²) >= 11 is 0. The molecular weight excluding hydrogens is 162 g/mol. The average Bonchev–Trinajstić information content (AvgIpc) is 2.19. The maximum atomic E-state index is 3.98. The first kappa shape index (κ1) is 10.1. The molecule has 0 aliphatic carbocycles. The van der Waals surface area contributed by atoms with E-state index in [2.05, 4.69) is 22.4 Å². The number of aromatic nitrogens is 2. The number of unbranched alkanes of at least 4 members (excludes halogenated alkanes) is 2. The minimum Gasteiger partial charge on any atom is -0.311 e. The van der Waals surface area contributed by atoms with Gasteiger partial charge in [0.05, 0.1) is 5.69 Å². The molecule has 0 aromatic carbocycles. The number of nitrogens with zero attached hydrogens (tertiary/aromatic N) is 2. The zero-order valence-corrected chi connectivity index (χ0v) is 8.16. The van der Waals surface area contributed by atoms with Crippen LogP contribution in [-0.2, 0) is 6.54 Å². The number of hydrogen-bond acceptors (Lipinski definition) is 3. The zero-order chi connectivity index (χ0) is 9.36. The molecule has 0 aliphatic heterocycles. The molecule has 0 amide bonds. The third-order valence-electron chi connectivity index (χ3n) is 1.89. The fourth-order valence-corrected chi connectivity index (χ4v) is 1.14. The Hall–Kier alpha value is -0.960. The molecule has 13 heavy (non-hydrogen) atoms. The van der Waals surface area contributed by atoms with Crippen LogP contribution in [-0.4, -0.2) is 16.7 Å². The van der Waals surface area contributed by atoms with Crippen molar-refractivity contribution in [2.45, 2.75) is 32.7 Å². The Bertz CT molecular complexity index is 211. The Kier molecular flexibility index (Phi) is 5.10. The Labute approximate surface area is 79.6 Å². The van der Waals surface area contributed by atoms with E-state index in [4.69, 9.17) is 0 Å². The summed E-state index contributed by atoms with van der Waals surface area (Å²) in [4.78, 5) is 0. The molecule has 0 aliphatic rings. The van der Waals surface area contributed by atoms with Crippen LogP contribution in [0.25, 0.3) is 0 Å². The van der Waals surface area contributed by atoms with Crippen LogP contribution in [0, 0.1) is 0 Å². The lowest BCUT2D eigenvalue weighted by Gasteiger charge is -2.02. The van der Waals surface area contributed by atoms with E-state index in [1.165, 1.54) is 19.3 Å². The van der Waals surface area contributed by atoms with Crippen molar-refractivity contribution in [3.8, 4) is 0 Å². The van der Waals surface area contributed by atoms with Crippen LogP contribution in [0.5, 0.6) is 0 Å².